The predicted octanol–water partition coefficient (Wildman–Crippen LogP) is 4.04. The molecule has 5 rings (SSSR count). The number of likely N-dealkylation sites (tertiary alicyclic amines) is 1. The SMILES string of the molecule is O=C(c1ccc(CC2CCNC2)cc1)N1CCC2(C=Cc3ccccc32)CC1. The van der Waals surface area contributed by atoms with E-state index in [0.29, 0.717) is 0 Å². The molecule has 2 aromatic rings. The van der Waals surface area contributed by atoms with Crippen molar-refractivity contribution in [2.24, 2.45) is 5.92 Å². The van der Waals surface area contributed by atoms with Crippen LogP contribution in [0.15, 0.2) is 54.6 Å². The molecule has 1 N–H and O–H groups in total. The molecule has 2 saturated heterocycles. The lowest BCUT2D eigenvalue weighted by molar-refractivity contribution is 0.0690. The van der Waals surface area contributed by atoms with E-state index in [1.54, 1.807) is 0 Å². The Hall–Kier alpha value is -2.39. The van der Waals surface area contributed by atoms with Gasteiger partial charge in [-0.25, -0.2) is 0 Å². The number of piperidine rings is 1. The van der Waals surface area contributed by atoms with Crippen LogP contribution in [0.25, 0.3) is 6.08 Å². The van der Waals surface area contributed by atoms with Gasteiger partial charge in [-0.3, -0.25) is 4.79 Å². The molecular formula is C25H28N2O. The van der Waals surface area contributed by atoms with Crippen molar-refractivity contribution >= 4 is 12.0 Å². The third-order valence-corrected chi connectivity index (χ3v) is 6.91. The Bertz CT molecular complexity index is 885. The molecule has 3 aliphatic rings. The Balaban J connectivity index is 1.23. The van der Waals surface area contributed by atoms with E-state index in [1.807, 2.05) is 17.0 Å². The van der Waals surface area contributed by atoms with Crippen molar-refractivity contribution in [1.29, 1.82) is 0 Å². The lowest BCUT2D eigenvalue weighted by Gasteiger charge is -2.39. The molecule has 1 aliphatic carbocycles. The smallest absolute Gasteiger partial charge is 0.253 e. The van der Waals surface area contributed by atoms with E-state index in [4.69, 9.17) is 0 Å². The third-order valence-electron chi connectivity index (χ3n) is 6.91. The van der Waals surface area contributed by atoms with E-state index in [9.17, 15) is 4.79 Å². The third kappa shape index (κ3) is 3.18. The summed E-state index contributed by atoms with van der Waals surface area (Å²) in [5.41, 5.74) is 5.08. The van der Waals surface area contributed by atoms with Crippen molar-refractivity contribution in [1.82, 2.24) is 10.2 Å². The first-order chi connectivity index (χ1) is 13.7. The topological polar surface area (TPSA) is 32.3 Å². The van der Waals surface area contributed by atoms with Gasteiger partial charge in [0.2, 0.25) is 0 Å². The summed E-state index contributed by atoms with van der Waals surface area (Å²) in [7, 11) is 0. The molecule has 1 amide bonds. The van der Waals surface area contributed by atoms with Crippen LogP contribution in [-0.2, 0) is 11.8 Å². The zero-order valence-electron chi connectivity index (χ0n) is 16.4. The van der Waals surface area contributed by atoms with E-state index >= 15 is 0 Å². The van der Waals surface area contributed by atoms with Crippen molar-refractivity contribution in [3.05, 3.63) is 76.9 Å². The van der Waals surface area contributed by atoms with Gasteiger partial charge < -0.3 is 10.2 Å². The van der Waals surface area contributed by atoms with Crippen LogP contribution in [-0.4, -0.2) is 37.0 Å². The number of fused-ring (bicyclic) bond motifs is 2. The molecule has 0 bridgehead atoms. The van der Waals surface area contributed by atoms with Crippen molar-refractivity contribution < 1.29 is 4.79 Å². The van der Waals surface area contributed by atoms with Gasteiger partial charge in [0, 0.05) is 24.1 Å². The minimum Gasteiger partial charge on any atom is -0.339 e. The molecular weight excluding hydrogens is 344 g/mol. The highest BCUT2D eigenvalue weighted by Gasteiger charge is 2.38. The van der Waals surface area contributed by atoms with Gasteiger partial charge in [0.05, 0.1) is 0 Å². The van der Waals surface area contributed by atoms with E-state index in [2.05, 4.69) is 53.9 Å². The molecule has 28 heavy (non-hydrogen) atoms. The largest absolute Gasteiger partial charge is 0.339 e. The molecule has 1 spiro atoms. The van der Waals surface area contributed by atoms with Crippen molar-refractivity contribution in [2.75, 3.05) is 26.2 Å². The second-order valence-electron chi connectivity index (χ2n) is 8.63. The second kappa shape index (κ2) is 7.21. The maximum Gasteiger partial charge on any atom is 0.253 e. The number of hydrogen-bond donors (Lipinski definition) is 1. The number of carbonyl (C=O) groups is 1. The summed E-state index contributed by atoms with van der Waals surface area (Å²) >= 11 is 0. The summed E-state index contributed by atoms with van der Waals surface area (Å²) < 4.78 is 0. The monoisotopic (exact) mass is 372 g/mol. The van der Waals surface area contributed by atoms with Gasteiger partial charge in [-0.05, 0) is 73.5 Å². The second-order valence-corrected chi connectivity index (χ2v) is 8.63. The molecule has 144 valence electrons. The molecule has 0 aromatic heterocycles. The summed E-state index contributed by atoms with van der Waals surface area (Å²) in [5, 5.41) is 3.43. The maximum absolute atomic E-state index is 13.0. The number of allylic oxidation sites excluding steroid dienone is 1. The zero-order chi connectivity index (χ0) is 19.0. The fourth-order valence-corrected chi connectivity index (χ4v) is 5.17. The van der Waals surface area contributed by atoms with Crippen LogP contribution in [0.4, 0.5) is 0 Å². The molecule has 0 saturated carbocycles. The molecule has 2 fully saturated rings. The summed E-state index contributed by atoms with van der Waals surface area (Å²) in [6.45, 7) is 3.91. The highest BCUT2D eigenvalue weighted by Crippen LogP contribution is 2.43. The van der Waals surface area contributed by atoms with Gasteiger partial charge in [-0.15, -0.1) is 0 Å². The van der Waals surface area contributed by atoms with Crippen molar-refractivity contribution in [2.45, 2.75) is 31.1 Å². The minimum atomic E-state index is 0.131. The number of rotatable bonds is 3. The van der Waals surface area contributed by atoms with Gasteiger partial charge >= 0.3 is 0 Å². The number of benzene rings is 2. The predicted molar refractivity (Wildman–Crippen MR) is 113 cm³/mol. The first-order valence-electron chi connectivity index (χ1n) is 10.6. The number of carbonyl (C=O) groups excluding carboxylic acids is 1. The summed E-state index contributed by atoms with van der Waals surface area (Å²) in [5.74, 6) is 0.918. The van der Waals surface area contributed by atoms with Gasteiger partial charge in [-0.1, -0.05) is 48.6 Å². The summed E-state index contributed by atoms with van der Waals surface area (Å²) in [4.78, 5) is 15.0. The normalized spacial score (nSPS) is 22.6. The summed E-state index contributed by atoms with van der Waals surface area (Å²) in [6.07, 6.45) is 9.02. The molecule has 3 nitrogen and oxygen atoms in total. The van der Waals surface area contributed by atoms with Gasteiger partial charge in [0.1, 0.15) is 0 Å². The van der Waals surface area contributed by atoms with Crippen molar-refractivity contribution in [3.8, 4) is 0 Å². The molecule has 2 aliphatic heterocycles. The Kier molecular flexibility index (Phi) is 4.56. The lowest BCUT2D eigenvalue weighted by atomic mass is 9.74. The highest BCUT2D eigenvalue weighted by atomic mass is 16.2. The first kappa shape index (κ1) is 17.7. The number of nitrogens with zero attached hydrogens (tertiary/aromatic N) is 1. The van der Waals surface area contributed by atoms with Crippen LogP contribution in [0.1, 0.15) is 46.3 Å². The Morgan fingerprint density at radius 1 is 1.07 bits per heavy atom. The van der Waals surface area contributed by atoms with Crippen LogP contribution in [0.3, 0.4) is 0 Å². The Morgan fingerprint density at radius 2 is 1.86 bits per heavy atom. The maximum atomic E-state index is 13.0. The van der Waals surface area contributed by atoms with Crippen LogP contribution in [0.2, 0.25) is 0 Å². The minimum absolute atomic E-state index is 0.131. The lowest BCUT2D eigenvalue weighted by Crippen LogP contribution is -2.44. The first-order valence-corrected chi connectivity index (χ1v) is 10.6. The van der Waals surface area contributed by atoms with E-state index in [1.165, 1.54) is 23.1 Å². The highest BCUT2D eigenvalue weighted by molar-refractivity contribution is 5.94. The molecule has 1 unspecified atom stereocenters. The van der Waals surface area contributed by atoms with Crippen LogP contribution in [0, 0.1) is 5.92 Å². The number of nitrogens with one attached hydrogen (secondary N) is 1. The molecule has 0 radical (unpaired) electrons. The van der Waals surface area contributed by atoms with E-state index in [0.717, 1.165) is 56.9 Å². The van der Waals surface area contributed by atoms with Crippen LogP contribution >= 0.6 is 0 Å². The van der Waals surface area contributed by atoms with E-state index < -0.39 is 0 Å². The average molecular weight is 373 g/mol. The zero-order valence-corrected chi connectivity index (χ0v) is 16.4. The quantitative estimate of drug-likeness (QED) is 0.882. The van der Waals surface area contributed by atoms with Gasteiger partial charge in [0.25, 0.3) is 5.91 Å². The van der Waals surface area contributed by atoms with Gasteiger partial charge in [-0.2, -0.15) is 0 Å². The Morgan fingerprint density at radius 3 is 2.61 bits per heavy atom. The fraction of sp³-hybridized carbons (Fsp3) is 0.400. The van der Waals surface area contributed by atoms with Gasteiger partial charge in [0.15, 0.2) is 0 Å². The summed E-state index contributed by atoms with van der Waals surface area (Å²) in [6, 6.07) is 17.0. The van der Waals surface area contributed by atoms with Crippen LogP contribution < -0.4 is 5.32 Å². The van der Waals surface area contributed by atoms with E-state index in [-0.39, 0.29) is 11.3 Å². The standard InChI is InChI=1S/C25H28N2O/c28-24(22-7-5-19(6-8-22)17-20-10-14-26-18-20)27-15-12-25(13-16-27)11-9-21-3-1-2-4-23(21)25/h1-9,11,20,26H,10,12-18H2. The van der Waals surface area contributed by atoms with Crippen LogP contribution in [0.5, 0.6) is 0 Å². The molecule has 1 atom stereocenters. The van der Waals surface area contributed by atoms with Crippen molar-refractivity contribution in [3.63, 3.8) is 0 Å². The Labute approximate surface area is 167 Å². The fourth-order valence-electron chi connectivity index (χ4n) is 5.17. The number of amides is 1. The molecule has 2 aromatic carbocycles. The number of hydrogen-bond acceptors (Lipinski definition) is 2. The average Bonchev–Trinajstić information content (AvgIpc) is 3.38. The molecule has 2 heterocycles. The molecule has 3 heteroatoms.